The smallest absolute Gasteiger partial charge is 0.140 e. The van der Waals surface area contributed by atoms with Crippen LogP contribution in [0.4, 0.5) is 8.78 Å². The van der Waals surface area contributed by atoms with Crippen molar-refractivity contribution in [2.24, 2.45) is 5.73 Å². The number of aliphatic hydroxyl groups is 1. The molecule has 34 heavy (non-hydrogen) atoms. The van der Waals surface area contributed by atoms with Crippen LogP contribution in [0.3, 0.4) is 0 Å². The maximum atomic E-state index is 14.4. The van der Waals surface area contributed by atoms with Gasteiger partial charge in [0.05, 0.1) is 12.1 Å². The van der Waals surface area contributed by atoms with E-state index >= 15 is 0 Å². The Labute approximate surface area is 204 Å². The highest BCUT2D eigenvalue weighted by molar-refractivity contribution is 5.34. The normalized spacial score (nSPS) is 24.8. The van der Waals surface area contributed by atoms with Crippen LogP contribution in [0.2, 0.25) is 0 Å². The molecule has 0 amide bonds. The van der Waals surface area contributed by atoms with Crippen molar-refractivity contribution < 1.29 is 13.9 Å². The van der Waals surface area contributed by atoms with Crippen LogP contribution in [0.15, 0.2) is 47.8 Å². The number of nitrogens with one attached hydrogen (secondary N) is 2. The standard InChI is InChI=1S/C28H43F2N3O/c1-5-32-26-19(14-22(29)17-23(26)30)15-24(31)25(34)18-33-28(12-7-6-8-13-28)21-11-9-10-20(16-21)27(2,3)4/h9-11,14,16-17,23-26,32-34H,5-8,12-13,15,18,31H2,1-4H3. The highest BCUT2D eigenvalue weighted by atomic mass is 19.1. The molecule has 5 N–H and O–H groups in total. The molecule has 0 aliphatic heterocycles. The van der Waals surface area contributed by atoms with Crippen molar-refractivity contribution in [3.63, 3.8) is 0 Å². The molecule has 4 atom stereocenters. The minimum atomic E-state index is -1.44. The van der Waals surface area contributed by atoms with Crippen molar-refractivity contribution in [2.75, 3.05) is 13.1 Å². The summed E-state index contributed by atoms with van der Waals surface area (Å²) in [5.74, 6) is -0.587. The summed E-state index contributed by atoms with van der Waals surface area (Å²) in [5.41, 5.74) is 9.33. The van der Waals surface area contributed by atoms with Crippen molar-refractivity contribution in [1.82, 2.24) is 10.6 Å². The summed E-state index contributed by atoms with van der Waals surface area (Å²) in [7, 11) is 0. The molecule has 4 unspecified atom stereocenters. The second-order valence-corrected chi connectivity index (χ2v) is 11.0. The van der Waals surface area contributed by atoms with Crippen LogP contribution in [0.25, 0.3) is 0 Å². The number of benzene rings is 1. The molecule has 0 radical (unpaired) electrons. The summed E-state index contributed by atoms with van der Waals surface area (Å²) in [5, 5.41) is 17.7. The fraction of sp³-hybridized carbons (Fsp3) is 0.643. The molecule has 1 saturated carbocycles. The topological polar surface area (TPSA) is 70.3 Å². The van der Waals surface area contributed by atoms with Gasteiger partial charge < -0.3 is 21.5 Å². The van der Waals surface area contributed by atoms with E-state index in [1.807, 2.05) is 6.92 Å². The lowest BCUT2D eigenvalue weighted by molar-refractivity contribution is 0.115. The van der Waals surface area contributed by atoms with Gasteiger partial charge in [-0.2, -0.15) is 0 Å². The van der Waals surface area contributed by atoms with Gasteiger partial charge in [-0.15, -0.1) is 0 Å². The van der Waals surface area contributed by atoms with Gasteiger partial charge in [-0.1, -0.05) is 71.2 Å². The van der Waals surface area contributed by atoms with E-state index in [-0.39, 0.29) is 17.4 Å². The summed E-state index contributed by atoms with van der Waals surface area (Å²) in [6.45, 7) is 9.43. The first-order chi connectivity index (χ1) is 16.1. The first kappa shape index (κ1) is 27.0. The van der Waals surface area contributed by atoms with E-state index in [9.17, 15) is 13.9 Å². The van der Waals surface area contributed by atoms with E-state index in [0.717, 1.165) is 31.8 Å². The average Bonchev–Trinajstić information content (AvgIpc) is 2.80. The molecular formula is C28H43F2N3O. The Balaban J connectivity index is 1.72. The fourth-order valence-electron chi connectivity index (χ4n) is 5.28. The number of alkyl halides is 1. The number of halogens is 2. The van der Waals surface area contributed by atoms with Crippen LogP contribution < -0.4 is 16.4 Å². The van der Waals surface area contributed by atoms with Crippen molar-refractivity contribution >= 4 is 0 Å². The zero-order valence-electron chi connectivity index (χ0n) is 21.2. The molecule has 2 aliphatic rings. The molecule has 2 aliphatic carbocycles. The van der Waals surface area contributed by atoms with Gasteiger partial charge in [0.25, 0.3) is 0 Å². The summed E-state index contributed by atoms with van der Waals surface area (Å²) < 4.78 is 28.3. The number of likely N-dealkylation sites (N-methyl/N-ethyl adjacent to an activating group) is 1. The number of hydrogen-bond acceptors (Lipinski definition) is 4. The molecule has 3 rings (SSSR count). The van der Waals surface area contributed by atoms with E-state index in [1.54, 1.807) is 0 Å². The van der Waals surface area contributed by atoms with E-state index in [1.165, 1.54) is 23.6 Å². The predicted octanol–water partition coefficient (Wildman–Crippen LogP) is 4.92. The number of allylic oxidation sites excluding steroid dienone is 2. The molecule has 1 aromatic carbocycles. The van der Waals surface area contributed by atoms with Gasteiger partial charge >= 0.3 is 0 Å². The summed E-state index contributed by atoms with van der Waals surface area (Å²) >= 11 is 0. The molecule has 0 heterocycles. The largest absolute Gasteiger partial charge is 0.390 e. The number of aliphatic hydroxyl groups excluding tert-OH is 1. The molecule has 190 valence electrons. The van der Waals surface area contributed by atoms with Crippen molar-refractivity contribution in [1.29, 1.82) is 0 Å². The first-order valence-corrected chi connectivity index (χ1v) is 12.8. The lowest BCUT2D eigenvalue weighted by atomic mass is 9.74. The van der Waals surface area contributed by atoms with E-state index in [0.29, 0.717) is 18.7 Å². The fourth-order valence-corrected chi connectivity index (χ4v) is 5.28. The third-order valence-corrected chi connectivity index (χ3v) is 7.39. The third-order valence-electron chi connectivity index (χ3n) is 7.39. The molecular weight excluding hydrogens is 432 g/mol. The van der Waals surface area contributed by atoms with Gasteiger partial charge in [-0.25, -0.2) is 8.78 Å². The number of nitrogens with two attached hydrogens (primary N) is 1. The van der Waals surface area contributed by atoms with Gasteiger partial charge in [0.2, 0.25) is 0 Å². The van der Waals surface area contributed by atoms with Crippen LogP contribution in [0, 0.1) is 0 Å². The molecule has 4 nitrogen and oxygen atoms in total. The van der Waals surface area contributed by atoms with Crippen molar-refractivity contribution in [3.05, 3.63) is 58.9 Å². The zero-order valence-corrected chi connectivity index (χ0v) is 21.2. The zero-order chi connectivity index (χ0) is 24.9. The molecule has 1 aromatic rings. The Kier molecular flexibility index (Phi) is 9.07. The quantitative estimate of drug-likeness (QED) is 0.409. The van der Waals surface area contributed by atoms with Gasteiger partial charge in [-0.05, 0) is 60.1 Å². The summed E-state index contributed by atoms with van der Waals surface area (Å²) in [6, 6.07) is 7.55. The highest BCUT2D eigenvalue weighted by Crippen LogP contribution is 2.38. The van der Waals surface area contributed by atoms with E-state index in [2.05, 4.69) is 55.7 Å². The molecule has 0 spiro atoms. The Morgan fingerprint density at radius 2 is 1.91 bits per heavy atom. The summed E-state index contributed by atoms with van der Waals surface area (Å²) in [6.07, 6.45) is 5.80. The monoisotopic (exact) mass is 475 g/mol. The minimum absolute atomic E-state index is 0.0581. The van der Waals surface area contributed by atoms with Crippen LogP contribution in [0.1, 0.15) is 77.3 Å². The van der Waals surface area contributed by atoms with Gasteiger partial charge in [0.1, 0.15) is 12.0 Å². The second kappa shape index (κ2) is 11.4. The SMILES string of the molecule is CCNC1C(CC(N)C(O)CNC2(c3cccc(C(C)(C)C)c3)CCCCC2)=CC(F)=CC1F. The van der Waals surface area contributed by atoms with Crippen molar-refractivity contribution in [3.8, 4) is 0 Å². The lowest BCUT2D eigenvalue weighted by Crippen LogP contribution is -2.51. The van der Waals surface area contributed by atoms with Gasteiger partial charge in [-0.3, -0.25) is 0 Å². The first-order valence-electron chi connectivity index (χ1n) is 12.8. The van der Waals surface area contributed by atoms with Crippen LogP contribution in [0.5, 0.6) is 0 Å². The Morgan fingerprint density at radius 1 is 1.21 bits per heavy atom. The Bertz CT molecular complexity index is 871. The molecule has 0 aromatic heterocycles. The van der Waals surface area contributed by atoms with Gasteiger partial charge in [0.15, 0.2) is 0 Å². The van der Waals surface area contributed by atoms with Gasteiger partial charge in [0, 0.05) is 18.1 Å². The van der Waals surface area contributed by atoms with Crippen molar-refractivity contribution in [2.45, 2.75) is 102 Å². The Morgan fingerprint density at radius 3 is 2.56 bits per heavy atom. The Hall–Kier alpha value is -1.60. The summed E-state index contributed by atoms with van der Waals surface area (Å²) in [4.78, 5) is 0. The minimum Gasteiger partial charge on any atom is -0.390 e. The molecule has 6 heteroatoms. The maximum Gasteiger partial charge on any atom is 0.140 e. The van der Waals surface area contributed by atoms with E-state index < -0.39 is 30.2 Å². The molecule has 0 bridgehead atoms. The molecule has 0 saturated heterocycles. The molecule has 1 fully saturated rings. The van der Waals surface area contributed by atoms with Crippen LogP contribution in [-0.4, -0.2) is 42.6 Å². The number of rotatable bonds is 9. The van der Waals surface area contributed by atoms with E-state index in [4.69, 9.17) is 5.73 Å². The van der Waals surface area contributed by atoms with Crippen LogP contribution >= 0.6 is 0 Å². The van der Waals surface area contributed by atoms with Crippen LogP contribution in [-0.2, 0) is 11.0 Å². The predicted molar refractivity (Wildman–Crippen MR) is 136 cm³/mol. The third kappa shape index (κ3) is 6.54. The highest BCUT2D eigenvalue weighted by Gasteiger charge is 2.36. The number of hydrogen-bond donors (Lipinski definition) is 4. The second-order valence-electron chi connectivity index (χ2n) is 11.0. The lowest BCUT2D eigenvalue weighted by Gasteiger charge is -2.41. The average molecular weight is 476 g/mol. The maximum absolute atomic E-state index is 14.4.